The van der Waals surface area contributed by atoms with E-state index in [1.54, 1.807) is 18.9 Å². The Balaban J connectivity index is 1.95. The zero-order valence-corrected chi connectivity index (χ0v) is 15.9. The van der Waals surface area contributed by atoms with Gasteiger partial charge in [0.2, 0.25) is 0 Å². The second-order valence-electron chi connectivity index (χ2n) is 6.13. The van der Waals surface area contributed by atoms with E-state index >= 15 is 0 Å². The van der Waals surface area contributed by atoms with Gasteiger partial charge in [-0.1, -0.05) is 24.3 Å². The Morgan fingerprint density at radius 3 is 2.67 bits per heavy atom. The second-order valence-corrected chi connectivity index (χ2v) is 7.11. The molecule has 24 heavy (non-hydrogen) atoms. The summed E-state index contributed by atoms with van der Waals surface area (Å²) >= 11 is 1.69. The van der Waals surface area contributed by atoms with Crippen LogP contribution in [-0.2, 0) is 17.0 Å². The fourth-order valence-electron chi connectivity index (χ4n) is 2.90. The number of carbonyl (C=O) groups excluding carboxylic acids is 1. The van der Waals surface area contributed by atoms with Crippen molar-refractivity contribution in [1.29, 1.82) is 0 Å². The third-order valence-corrected chi connectivity index (χ3v) is 5.34. The van der Waals surface area contributed by atoms with Crippen LogP contribution in [0.1, 0.15) is 39.3 Å². The number of rotatable bonds is 9. The first-order chi connectivity index (χ1) is 11.5. The van der Waals surface area contributed by atoms with Gasteiger partial charge < -0.3 is 9.30 Å². The third-order valence-electron chi connectivity index (χ3n) is 4.36. The van der Waals surface area contributed by atoms with E-state index in [1.165, 1.54) is 11.1 Å². The first-order valence-electron chi connectivity index (χ1n) is 8.35. The maximum atomic E-state index is 12.6. The van der Waals surface area contributed by atoms with Gasteiger partial charge in [0.15, 0.2) is 5.78 Å². The molecule has 1 aromatic heterocycles. The van der Waals surface area contributed by atoms with Crippen LogP contribution < -0.4 is 0 Å². The summed E-state index contributed by atoms with van der Waals surface area (Å²) in [6.07, 6.45) is 0.961. The number of aromatic nitrogens is 1. The minimum absolute atomic E-state index is 0.222. The number of ketones is 1. The summed E-state index contributed by atoms with van der Waals surface area (Å²) in [5.41, 5.74) is 5.68. The zero-order chi connectivity index (χ0) is 17.5. The fraction of sp³-hybridized carbons (Fsp3) is 0.450. The Morgan fingerprint density at radius 1 is 1.21 bits per heavy atom. The van der Waals surface area contributed by atoms with Crippen molar-refractivity contribution in [3.8, 4) is 0 Å². The summed E-state index contributed by atoms with van der Waals surface area (Å²) in [5, 5.41) is 0. The summed E-state index contributed by atoms with van der Waals surface area (Å²) in [6.45, 7) is 7.86. The summed E-state index contributed by atoms with van der Waals surface area (Å²) in [6, 6.07) is 10.4. The lowest BCUT2D eigenvalue weighted by Gasteiger charge is -2.09. The van der Waals surface area contributed by atoms with Gasteiger partial charge in [-0.15, -0.1) is 11.8 Å². The Morgan fingerprint density at radius 2 is 1.96 bits per heavy atom. The van der Waals surface area contributed by atoms with E-state index in [2.05, 4.69) is 36.6 Å². The van der Waals surface area contributed by atoms with Crippen LogP contribution in [0.5, 0.6) is 0 Å². The normalized spacial score (nSPS) is 11.0. The molecule has 0 N–H and O–H groups in total. The summed E-state index contributed by atoms with van der Waals surface area (Å²) in [5.74, 6) is 1.63. The second kappa shape index (κ2) is 9.09. The molecule has 1 heterocycles. The van der Waals surface area contributed by atoms with Crippen LogP contribution in [0.3, 0.4) is 0 Å². The van der Waals surface area contributed by atoms with Gasteiger partial charge in [-0.2, -0.15) is 0 Å². The fourth-order valence-corrected chi connectivity index (χ4v) is 3.88. The molecule has 3 nitrogen and oxygen atoms in total. The van der Waals surface area contributed by atoms with Crippen molar-refractivity contribution < 1.29 is 9.53 Å². The third kappa shape index (κ3) is 4.74. The van der Waals surface area contributed by atoms with Gasteiger partial charge in [0.25, 0.3) is 0 Å². The van der Waals surface area contributed by atoms with Crippen molar-refractivity contribution in [2.24, 2.45) is 0 Å². The van der Waals surface area contributed by atoms with Gasteiger partial charge in [-0.05, 0) is 44.4 Å². The quantitative estimate of drug-likeness (QED) is 0.493. The first-order valence-corrected chi connectivity index (χ1v) is 9.51. The predicted octanol–water partition coefficient (Wildman–Crippen LogP) is 4.57. The molecule has 2 rings (SSSR count). The number of aryl methyl sites for hydroxylation is 2. The number of methoxy groups -OCH3 is 1. The number of thioether (sulfide) groups is 1. The van der Waals surface area contributed by atoms with Gasteiger partial charge in [0.1, 0.15) is 0 Å². The van der Waals surface area contributed by atoms with Crippen LogP contribution in [0.4, 0.5) is 0 Å². The van der Waals surface area contributed by atoms with E-state index in [0.717, 1.165) is 42.3 Å². The molecule has 0 radical (unpaired) electrons. The maximum Gasteiger partial charge on any atom is 0.174 e. The molecule has 0 saturated heterocycles. The monoisotopic (exact) mass is 345 g/mol. The number of nitrogens with zero attached hydrogens (tertiary/aromatic N) is 1. The molecule has 0 fully saturated rings. The standard InChI is InChI=1S/C20H27NO2S/c1-15-8-5-6-9-18(15)13-24-14-20(22)19-12-16(2)21(17(19)3)10-7-11-23-4/h5-6,8-9,12H,7,10-11,13-14H2,1-4H3. The summed E-state index contributed by atoms with van der Waals surface area (Å²) < 4.78 is 7.34. The molecule has 0 aliphatic rings. The number of ether oxygens (including phenoxy) is 1. The highest BCUT2D eigenvalue weighted by Gasteiger charge is 2.15. The van der Waals surface area contributed by atoms with Crippen molar-refractivity contribution in [1.82, 2.24) is 4.57 Å². The molecule has 0 aliphatic heterocycles. The van der Waals surface area contributed by atoms with Crippen LogP contribution in [-0.4, -0.2) is 29.8 Å². The molecule has 0 aliphatic carbocycles. The lowest BCUT2D eigenvalue weighted by molar-refractivity contribution is 0.102. The first kappa shape index (κ1) is 18.8. The number of benzene rings is 1. The number of hydrogen-bond acceptors (Lipinski definition) is 3. The van der Waals surface area contributed by atoms with E-state index < -0.39 is 0 Å². The minimum atomic E-state index is 0.222. The summed E-state index contributed by atoms with van der Waals surface area (Å²) in [4.78, 5) is 12.6. The highest BCUT2D eigenvalue weighted by Crippen LogP contribution is 2.21. The van der Waals surface area contributed by atoms with Gasteiger partial charge in [-0.25, -0.2) is 0 Å². The molecule has 4 heteroatoms. The minimum Gasteiger partial charge on any atom is -0.385 e. The zero-order valence-electron chi connectivity index (χ0n) is 15.1. The molecular weight excluding hydrogens is 318 g/mol. The van der Waals surface area contributed by atoms with Crippen molar-refractivity contribution >= 4 is 17.5 Å². The molecule has 1 aromatic carbocycles. The Bertz CT molecular complexity index is 691. The average Bonchev–Trinajstić information content (AvgIpc) is 2.85. The molecule has 0 atom stereocenters. The topological polar surface area (TPSA) is 31.2 Å². The van der Waals surface area contributed by atoms with E-state index in [0.29, 0.717) is 5.75 Å². The smallest absolute Gasteiger partial charge is 0.174 e. The molecular formula is C20H27NO2S. The van der Waals surface area contributed by atoms with Crippen LogP contribution in [0.15, 0.2) is 30.3 Å². The van der Waals surface area contributed by atoms with Gasteiger partial charge in [-0.3, -0.25) is 4.79 Å². The van der Waals surface area contributed by atoms with Gasteiger partial charge in [0.05, 0.1) is 5.75 Å². The molecule has 0 amide bonds. The molecule has 0 unspecified atom stereocenters. The molecule has 2 aromatic rings. The molecule has 0 spiro atoms. The molecule has 0 bridgehead atoms. The maximum absolute atomic E-state index is 12.6. The van der Waals surface area contributed by atoms with Crippen LogP contribution >= 0.6 is 11.8 Å². The van der Waals surface area contributed by atoms with E-state index in [9.17, 15) is 4.79 Å². The molecule has 130 valence electrons. The Labute approximate surface area is 149 Å². The summed E-state index contributed by atoms with van der Waals surface area (Å²) in [7, 11) is 1.72. The van der Waals surface area contributed by atoms with Crippen LogP contribution in [0.2, 0.25) is 0 Å². The Hall–Kier alpha value is -1.52. The average molecular weight is 346 g/mol. The predicted molar refractivity (Wildman–Crippen MR) is 102 cm³/mol. The van der Waals surface area contributed by atoms with Crippen molar-refractivity contribution in [3.05, 3.63) is 58.4 Å². The highest BCUT2D eigenvalue weighted by molar-refractivity contribution is 7.99. The number of carbonyl (C=O) groups is 1. The van der Waals surface area contributed by atoms with Crippen molar-refractivity contribution in [3.63, 3.8) is 0 Å². The van der Waals surface area contributed by atoms with E-state index in [1.807, 2.05) is 19.1 Å². The SMILES string of the molecule is COCCCn1c(C)cc(C(=O)CSCc2ccccc2C)c1C. The number of Topliss-reactive ketones (excluding diaryl/α,β-unsaturated/α-hetero) is 1. The van der Waals surface area contributed by atoms with Crippen LogP contribution in [0.25, 0.3) is 0 Å². The van der Waals surface area contributed by atoms with E-state index in [-0.39, 0.29) is 5.78 Å². The number of hydrogen-bond donors (Lipinski definition) is 0. The van der Waals surface area contributed by atoms with E-state index in [4.69, 9.17) is 4.74 Å². The van der Waals surface area contributed by atoms with Gasteiger partial charge in [0, 0.05) is 43.0 Å². The van der Waals surface area contributed by atoms with Crippen molar-refractivity contribution in [2.75, 3.05) is 19.5 Å². The Kier molecular flexibility index (Phi) is 7.13. The molecule has 0 saturated carbocycles. The van der Waals surface area contributed by atoms with Crippen LogP contribution in [0, 0.1) is 20.8 Å². The largest absolute Gasteiger partial charge is 0.385 e. The highest BCUT2D eigenvalue weighted by atomic mass is 32.2. The van der Waals surface area contributed by atoms with Crippen molar-refractivity contribution in [2.45, 2.75) is 39.5 Å². The van der Waals surface area contributed by atoms with Gasteiger partial charge >= 0.3 is 0 Å². The lowest BCUT2D eigenvalue weighted by Crippen LogP contribution is -2.08. The lowest BCUT2D eigenvalue weighted by atomic mass is 10.1.